The maximum Gasteiger partial charge on any atom is 0.239 e. The summed E-state index contributed by atoms with van der Waals surface area (Å²) < 4.78 is 12.3. The molecule has 2 aromatic rings. The zero-order valence-corrected chi connectivity index (χ0v) is 13.0. The second-order valence-corrected chi connectivity index (χ2v) is 4.90. The lowest BCUT2D eigenvalue weighted by molar-refractivity contribution is -0.121. The van der Waals surface area contributed by atoms with Crippen LogP contribution in [0.5, 0.6) is 11.5 Å². The minimum Gasteiger partial charge on any atom is -0.497 e. The van der Waals surface area contributed by atoms with Gasteiger partial charge in [-0.1, -0.05) is 6.92 Å². The number of hydrogen-bond donors (Lipinski definition) is 1. The van der Waals surface area contributed by atoms with E-state index in [-0.39, 0.29) is 12.5 Å². The van der Waals surface area contributed by atoms with Gasteiger partial charge in [-0.3, -0.25) is 9.59 Å². The van der Waals surface area contributed by atoms with Crippen molar-refractivity contribution in [2.45, 2.75) is 19.9 Å². The summed E-state index contributed by atoms with van der Waals surface area (Å²) in [5.41, 5.74) is 1.21. The van der Waals surface area contributed by atoms with E-state index < -0.39 is 0 Å². The van der Waals surface area contributed by atoms with Crippen LogP contribution in [0, 0.1) is 0 Å². The predicted molar refractivity (Wildman–Crippen MR) is 83.7 cm³/mol. The minimum absolute atomic E-state index is 0.0991. The highest BCUT2D eigenvalue weighted by Crippen LogP contribution is 2.34. The third kappa shape index (κ3) is 3.05. The molecule has 6 nitrogen and oxygen atoms in total. The van der Waals surface area contributed by atoms with E-state index in [9.17, 15) is 9.59 Å². The Labute approximate surface area is 129 Å². The number of benzene rings is 1. The average molecular weight is 304 g/mol. The number of aldehydes is 1. The first-order chi connectivity index (χ1) is 10.6. The van der Waals surface area contributed by atoms with Crippen LogP contribution in [0.1, 0.15) is 23.7 Å². The summed E-state index contributed by atoms with van der Waals surface area (Å²) in [6.07, 6.45) is 3.29. The van der Waals surface area contributed by atoms with Crippen molar-refractivity contribution in [3.05, 3.63) is 23.9 Å². The Morgan fingerprint density at radius 1 is 1.32 bits per heavy atom. The van der Waals surface area contributed by atoms with Crippen molar-refractivity contribution in [3.8, 4) is 11.5 Å². The van der Waals surface area contributed by atoms with Gasteiger partial charge in [0.1, 0.15) is 18.0 Å². The molecule has 0 atom stereocenters. The fourth-order valence-electron chi connectivity index (χ4n) is 2.37. The molecule has 0 spiro atoms. The normalized spacial score (nSPS) is 10.5. The summed E-state index contributed by atoms with van der Waals surface area (Å²) >= 11 is 0. The van der Waals surface area contributed by atoms with Crippen LogP contribution in [0.15, 0.2) is 18.3 Å². The van der Waals surface area contributed by atoms with Crippen LogP contribution in [0.4, 0.5) is 0 Å². The fraction of sp³-hybridized carbons (Fsp3) is 0.375. The molecular formula is C16H20N2O4. The molecule has 0 unspecified atom stereocenters. The molecule has 0 saturated heterocycles. The maximum absolute atomic E-state index is 11.9. The molecule has 6 heteroatoms. The molecule has 0 bridgehead atoms. The molecule has 1 amide bonds. The number of amides is 1. The minimum atomic E-state index is -0.0991. The molecule has 1 heterocycles. The van der Waals surface area contributed by atoms with Gasteiger partial charge in [-0.2, -0.15) is 0 Å². The van der Waals surface area contributed by atoms with Crippen molar-refractivity contribution < 1.29 is 19.1 Å². The van der Waals surface area contributed by atoms with E-state index in [0.29, 0.717) is 29.0 Å². The number of nitrogens with zero attached hydrogens (tertiary/aromatic N) is 1. The molecule has 0 fully saturated rings. The second kappa shape index (κ2) is 6.98. The number of hydrogen-bond acceptors (Lipinski definition) is 4. The van der Waals surface area contributed by atoms with Crippen LogP contribution in [0.25, 0.3) is 10.9 Å². The van der Waals surface area contributed by atoms with Gasteiger partial charge in [0.2, 0.25) is 5.91 Å². The summed E-state index contributed by atoms with van der Waals surface area (Å²) in [5, 5.41) is 3.50. The monoisotopic (exact) mass is 304 g/mol. The second-order valence-electron chi connectivity index (χ2n) is 4.90. The van der Waals surface area contributed by atoms with Crippen LogP contribution < -0.4 is 14.8 Å². The van der Waals surface area contributed by atoms with Crippen LogP contribution in [0.2, 0.25) is 0 Å². The molecule has 0 radical (unpaired) electrons. The molecule has 118 valence electrons. The Balaban J connectivity index is 2.50. The molecule has 22 heavy (non-hydrogen) atoms. The first-order valence-electron chi connectivity index (χ1n) is 7.11. The number of rotatable bonds is 7. The SMILES string of the molecule is CCCNC(=O)Cn1cc(C=O)c2c(OC)cc(OC)cc21. The lowest BCUT2D eigenvalue weighted by Gasteiger charge is -2.09. The quantitative estimate of drug-likeness (QED) is 0.794. The molecule has 2 rings (SSSR count). The van der Waals surface area contributed by atoms with E-state index in [0.717, 1.165) is 18.2 Å². The molecule has 1 aromatic carbocycles. The topological polar surface area (TPSA) is 69.6 Å². The van der Waals surface area contributed by atoms with E-state index in [1.54, 1.807) is 30.0 Å². The summed E-state index contributed by atoms with van der Waals surface area (Å²) in [6.45, 7) is 2.76. The van der Waals surface area contributed by atoms with Crippen molar-refractivity contribution in [3.63, 3.8) is 0 Å². The molecule has 1 aromatic heterocycles. The third-order valence-electron chi connectivity index (χ3n) is 3.42. The number of carbonyl (C=O) groups is 2. The van der Waals surface area contributed by atoms with Gasteiger partial charge in [0.15, 0.2) is 6.29 Å². The highest BCUT2D eigenvalue weighted by atomic mass is 16.5. The first-order valence-corrected chi connectivity index (χ1v) is 7.11. The van der Waals surface area contributed by atoms with Crippen LogP contribution >= 0.6 is 0 Å². The van der Waals surface area contributed by atoms with E-state index in [2.05, 4.69) is 5.32 Å². The molecule has 0 saturated carbocycles. The van der Waals surface area contributed by atoms with Crippen molar-refractivity contribution in [1.82, 2.24) is 9.88 Å². The third-order valence-corrected chi connectivity index (χ3v) is 3.42. The maximum atomic E-state index is 11.9. The highest BCUT2D eigenvalue weighted by molar-refractivity contribution is 6.02. The van der Waals surface area contributed by atoms with Crippen LogP contribution in [-0.4, -0.2) is 37.5 Å². The van der Waals surface area contributed by atoms with Crippen molar-refractivity contribution in [2.24, 2.45) is 0 Å². The van der Waals surface area contributed by atoms with E-state index in [1.807, 2.05) is 6.92 Å². The van der Waals surface area contributed by atoms with Gasteiger partial charge in [-0.05, 0) is 6.42 Å². The Morgan fingerprint density at radius 2 is 2.09 bits per heavy atom. The van der Waals surface area contributed by atoms with Gasteiger partial charge in [0.05, 0.1) is 25.1 Å². The van der Waals surface area contributed by atoms with Crippen molar-refractivity contribution in [1.29, 1.82) is 0 Å². The van der Waals surface area contributed by atoms with Gasteiger partial charge < -0.3 is 19.4 Å². The Hall–Kier alpha value is -2.50. The molecule has 0 aliphatic rings. The van der Waals surface area contributed by atoms with Gasteiger partial charge in [0, 0.05) is 30.4 Å². The molecule has 0 aliphatic carbocycles. The van der Waals surface area contributed by atoms with Gasteiger partial charge in [-0.15, -0.1) is 0 Å². The zero-order valence-electron chi connectivity index (χ0n) is 13.0. The summed E-state index contributed by atoms with van der Waals surface area (Å²) in [4.78, 5) is 23.3. The number of fused-ring (bicyclic) bond motifs is 1. The Kier molecular flexibility index (Phi) is 5.04. The fourth-order valence-corrected chi connectivity index (χ4v) is 2.37. The summed E-state index contributed by atoms with van der Waals surface area (Å²) in [7, 11) is 3.09. The summed E-state index contributed by atoms with van der Waals surface area (Å²) in [5.74, 6) is 1.05. The first kappa shape index (κ1) is 15.9. The number of carbonyl (C=O) groups excluding carboxylic acids is 2. The van der Waals surface area contributed by atoms with Crippen LogP contribution in [-0.2, 0) is 11.3 Å². The predicted octanol–water partition coefficient (Wildman–Crippen LogP) is 2.00. The van der Waals surface area contributed by atoms with E-state index in [1.165, 1.54) is 7.11 Å². The lowest BCUT2D eigenvalue weighted by atomic mass is 10.1. The van der Waals surface area contributed by atoms with Crippen LogP contribution in [0.3, 0.4) is 0 Å². The van der Waals surface area contributed by atoms with Gasteiger partial charge >= 0.3 is 0 Å². The van der Waals surface area contributed by atoms with Crippen molar-refractivity contribution in [2.75, 3.05) is 20.8 Å². The van der Waals surface area contributed by atoms with Gasteiger partial charge in [0.25, 0.3) is 0 Å². The Bertz CT molecular complexity index is 691. The lowest BCUT2D eigenvalue weighted by Crippen LogP contribution is -2.27. The number of aromatic nitrogens is 1. The molecular weight excluding hydrogens is 284 g/mol. The zero-order chi connectivity index (χ0) is 16.1. The Morgan fingerprint density at radius 3 is 2.68 bits per heavy atom. The largest absolute Gasteiger partial charge is 0.497 e. The smallest absolute Gasteiger partial charge is 0.239 e. The highest BCUT2D eigenvalue weighted by Gasteiger charge is 2.16. The number of nitrogens with one attached hydrogen (secondary N) is 1. The molecule has 0 aliphatic heterocycles. The summed E-state index contributed by atoms with van der Waals surface area (Å²) in [6, 6.07) is 3.51. The van der Waals surface area contributed by atoms with Gasteiger partial charge in [-0.25, -0.2) is 0 Å². The molecule has 1 N–H and O–H groups in total. The average Bonchev–Trinajstić information content (AvgIpc) is 2.89. The van der Waals surface area contributed by atoms with E-state index >= 15 is 0 Å². The standard InChI is InChI=1S/C16H20N2O4/c1-4-5-17-15(20)9-18-8-11(10-19)16-13(18)6-12(21-2)7-14(16)22-3/h6-8,10H,4-5,9H2,1-3H3,(H,17,20). The van der Waals surface area contributed by atoms with Crippen molar-refractivity contribution >= 4 is 23.1 Å². The number of methoxy groups -OCH3 is 2. The number of ether oxygens (including phenoxy) is 2. The van der Waals surface area contributed by atoms with E-state index in [4.69, 9.17) is 9.47 Å².